The molecule has 6 nitrogen and oxygen atoms in total. The Bertz CT molecular complexity index is 514. The average molecular weight is 349 g/mol. The van der Waals surface area contributed by atoms with Crippen LogP contribution in [0, 0.1) is 6.92 Å². The maximum atomic E-state index is 4.76. The number of likely N-dealkylation sites (tertiary alicyclic amines) is 1. The highest BCUT2D eigenvalue weighted by molar-refractivity contribution is 5.80. The summed E-state index contributed by atoms with van der Waals surface area (Å²) in [4.78, 5) is 11.6. The van der Waals surface area contributed by atoms with Crippen LogP contribution in [0.3, 0.4) is 0 Å². The second-order valence-electron chi connectivity index (χ2n) is 7.18. The molecule has 0 saturated carbocycles. The van der Waals surface area contributed by atoms with E-state index in [0.29, 0.717) is 12.1 Å². The second kappa shape index (κ2) is 10.4. The second-order valence-corrected chi connectivity index (χ2v) is 7.18. The Labute approximate surface area is 153 Å². The minimum absolute atomic E-state index is 0.543. The van der Waals surface area contributed by atoms with E-state index in [1.165, 1.54) is 25.9 Å². The molecule has 0 unspecified atom stereocenters. The van der Waals surface area contributed by atoms with Crippen LogP contribution in [0.5, 0.6) is 0 Å². The van der Waals surface area contributed by atoms with Gasteiger partial charge in [0.05, 0.1) is 0 Å². The van der Waals surface area contributed by atoms with Gasteiger partial charge in [0, 0.05) is 57.2 Å². The Hall–Kier alpha value is -1.56. The first kappa shape index (κ1) is 19.8. The molecule has 0 aliphatic carbocycles. The number of unbranched alkanes of at least 4 members (excludes halogenated alkanes) is 1. The van der Waals surface area contributed by atoms with Gasteiger partial charge < -0.3 is 20.1 Å². The van der Waals surface area contributed by atoms with Crippen molar-refractivity contribution >= 4 is 5.96 Å². The number of rotatable bonds is 8. The topological polar surface area (TPSA) is 57.5 Å². The third-order valence-electron chi connectivity index (χ3n) is 4.95. The molecule has 1 aliphatic rings. The van der Waals surface area contributed by atoms with Gasteiger partial charge >= 0.3 is 0 Å². The number of nitrogens with one attached hydrogen (secondary N) is 2. The fraction of sp³-hybridized carbons (Fsp3) is 0.789. The third kappa shape index (κ3) is 6.69. The molecule has 1 saturated heterocycles. The lowest BCUT2D eigenvalue weighted by molar-refractivity contribution is 0.167. The van der Waals surface area contributed by atoms with E-state index in [9.17, 15) is 0 Å². The molecule has 2 N–H and O–H groups in total. The molecule has 0 bridgehead atoms. The summed E-state index contributed by atoms with van der Waals surface area (Å²) < 4.78 is 2.20. The zero-order valence-electron chi connectivity index (χ0n) is 16.5. The summed E-state index contributed by atoms with van der Waals surface area (Å²) in [5.41, 5.74) is 0. The van der Waals surface area contributed by atoms with E-state index in [0.717, 1.165) is 44.3 Å². The Balaban J connectivity index is 1.70. The quantitative estimate of drug-likeness (QED) is 0.430. The molecule has 0 aromatic carbocycles. The minimum atomic E-state index is 0.543. The van der Waals surface area contributed by atoms with Crippen LogP contribution in [0.1, 0.15) is 52.3 Å². The van der Waals surface area contributed by atoms with E-state index in [1.807, 2.05) is 12.4 Å². The molecule has 25 heavy (non-hydrogen) atoms. The van der Waals surface area contributed by atoms with Crippen molar-refractivity contribution in [3.05, 3.63) is 18.2 Å². The lowest BCUT2D eigenvalue weighted by Gasteiger charge is -2.35. The number of piperidine rings is 1. The molecule has 0 amide bonds. The Kier molecular flexibility index (Phi) is 8.25. The lowest BCUT2D eigenvalue weighted by atomic mass is 10.0. The third-order valence-corrected chi connectivity index (χ3v) is 4.95. The number of aliphatic imine (C=N–C) groups is 1. The van der Waals surface area contributed by atoms with Crippen LogP contribution in [0.4, 0.5) is 0 Å². The fourth-order valence-corrected chi connectivity index (χ4v) is 3.30. The van der Waals surface area contributed by atoms with Crippen molar-refractivity contribution in [2.75, 3.05) is 26.2 Å². The predicted molar refractivity (Wildman–Crippen MR) is 105 cm³/mol. The van der Waals surface area contributed by atoms with Crippen LogP contribution in [0.2, 0.25) is 0 Å². The summed E-state index contributed by atoms with van der Waals surface area (Å²) in [5.74, 6) is 2.07. The van der Waals surface area contributed by atoms with Gasteiger partial charge in [-0.3, -0.25) is 4.99 Å². The maximum Gasteiger partial charge on any atom is 0.191 e. The van der Waals surface area contributed by atoms with Crippen LogP contribution in [0.15, 0.2) is 17.4 Å². The molecule has 1 aromatic heterocycles. The number of imidazole rings is 1. The van der Waals surface area contributed by atoms with Crippen molar-refractivity contribution in [2.45, 2.75) is 72.0 Å². The molecule has 6 heteroatoms. The molecular weight excluding hydrogens is 312 g/mol. The monoisotopic (exact) mass is 348 g/mol. The van der Waals surface area contributed by atoms with Gasteiger partial charge in [-0.05, 0) is 53.4 Å². The molecule has 0 spiro atoms. The predicted octanol–water partition coefficient (Wildman–Crippen LogP) is 2.40. The minimum Gasteiger partial charge on any atom is -0.357 e. The summed E-state index contributed by atoms with van der Waals surface area (Å²) in [7, 11) is 0. The van der Waals surface area contributed by atoms with Gasteiger partial charge in [-0.25, -0.2) is 4.98 Å². The Morgan fingerprint density at radius 2 is 2.08 bits per heavy atom. The van der Waals surface area contributed by atoms with Gasteiger partial charge in [-0.2, -0.15) is 0 Å². The first-order valence-corrected chi connectivity index (χ1v) is 9.86. The number of hydrogen-bond acceptors (Lipinski definition) is 3. The summed E-state index contributed by atoms with van der Waals surface area (Å²) >= 11 is 0. The van der Waals surface area contributed by atoms with Crippen LogP contribution in [-0.4, -0.2) is 58.7 Å². The van der Waals surface area contributed by atoms with E-state index in [4.69, 9.17) is 4.99 Å². The Morgan fingerprint density at radius 3 is 2.68 bits per heavy atom. The van der Waals surface area contributed by atoms with Crippen LogP contribution < -0.4 is 10.6 Å². The summed E-state index contributed by atoms with van der Waals surface area (Å²) in [6.07, 6.45) is 8.54. The van der Waals surface area contributed by atoms with E-state index in [-0.39, 0.29) is 0 Å². The highest BCUT2D eigenvalue weighted by Crippen LogP contribution is 2.12. The normalized spacial score (nSPS) is 17.2. The number of nitrogens with zero attached hydrogens (tertiary/aromatic N) is 4. The van der Waals surface area contributed by atoms with E-state index in [2.05, 4.69) is 52.8 Å². The largest absolute Gasteiger partial charge is 0.357 e. The molecule has 1 aliphatic heterocycles. The first-order chi connectivity index (χ1) is 12.1. The standard InChI is InChI=1S/C19H36N6/c1-5-20-19(23-18-8-13-24(14-9-18)16(2)3)22-10-6-7-12-25-15-11-21-17(25)4/h11,15-16,18H,5-10,12-14H2,1-4H3,(H2,20,22,23). The molecular formula is C19H36N6. The van der Waals surface area contributed by atoms with Crippen molar-refractivity contribution in [3.63, 3.8) is 0 Å². The molecule has 2 heterocycles. The number of hydrogen-bond donors (Lipinski definition) is 2. The van der Waals surface area contributed by atoms with Crippen molar-refractivity contribution in [3.8, 4) is 0 Å². The summed E-state index contributed by atoms with van der Waals surface area (Å²) in [6, 6.07) is 1.20. The number of guanidine groups is 1. The van der Waals surface area contributed by atoms with Gasteiger partial charge in [0.1, 0.15) is 5.82 Å². The molecule has 1 aromatic rings. The molecule has 0 radical (unpaired) electrons. The smallest absolute Gasteiger partial charge is 0.191 e. The highest BCUT2D eigenvalue weighted by atomic mass is 15.2. The lowest BCUT2D eigenvalue weighted by Crippen LogP contribution is -2.49. The van der Waals surface area contributed by atoms with Crippen LogP contribution >= 0.6 is 0 Å². The van der Waals surface area contributed by atoms with Crippen LogP contribution in [-0.2, 0) is 6.54 Å². The molecule has 2 rings (SSSR count). The zero-order chi connectivity index (χ0) is 18.1. The Morgan fingerprint density at radius 1 is 1.32 bits per heavy atom. The number of aromatic nitrogens is 2. The SMILES string of the molecule is CCNC(=NCCCCn1ccnc1C)NC1CCN(C(C)C)CC1. The molecule has 0 atom stereocenters. The molecule has 142 valence electrons. The number of aryl methyl sites for hydroxylation is 2. The van der Waals surface area contributed by atoms with E-state index >= 15 is 0 Å². The van der Waals surface area contributed by atoms with Gasteiger partial charge in [0.15, 0.2) is 5.96 Å². The van der Waals surface area contributed by atoms with Gasteiger partial charge in [0.25, 0.3) is 0 Å². The van der Waals surface area contributed by atoms with Gasteiger partial charge in [-0.1, -0.05) is 0 Å². The van der Waals surface area contributed by atoms with Gasteiger partial charge in [0.2, 0.25) is 0 Å². The van der Waals surface area contributed by atoms with E-state index in [1.54, 1.807) is 0 Å². The first-order valence-electron chi connectivity index (χ1n) is 9.86. The average Bonchev–Trinajstić information content (AvgIpc) is 3.00. The summed E-state index contributed by atoms with van der Waals surface area (Å²) in [6.45, 7) is 13.9. The molecule has 1 fully saturated rings. The van der Waals surface area contributed by atoms with Crippen LogP contribution in [0.25, 0.3) is 0 Å². The highest BCUT2D eigenvalue weighted by Gasteiger charge is 2.21. The van der Waals surface area contributed by atoms with Gasteiger partial charge in [-0.15, -0.1) is 0 Å². The van der Waals surface area contributed by atoms with Crippen molar-refractivity contribution in [1.29, 1.82) is 0 Å². The van der Waals surface area contributed by atoms with Crippen molar-refractivity contribution in [2.24, 2.45) is 4.99 Å². The van der Waals surface area contributed by atoms with Crippen molar-refractivity contribution < 1.29 is 0 Å². The summed E-state index contributed by atoms with van der Waals surface area (Å²) in [5, 5.41) is 7.01. The van der Waals surface area contributed by atoms with Crippen molar-refractivity contribution in [1.82, 2.24) is 25.1 Å². The fourth-order valence-electron chi connectivity index (χ4n) is 3.30. The van der Waals surface area contributed by atoms with E-state index < -0.39 is 0 Å². The maximum absolute atomic E-state index is 4.76. The zero-order valence-corrected chi connectivity index (χ0v) is 16.5.